The van der Waals surface area contributed by atoms with E-state index in [9.17, 15) is 29.1 Å². The van der Waals surface area contributed by atoms with Gasteiger partial charge in [0.2, 0.25) is 11.8 Å². The number of piperidine rings is 2. The lowest BCUT2D eigenvalue weighted by molar-refractivity contribution is -0.149. The fourth-order valence-corrected chi connectivity index (χ4v) is 5.25. The van der Waals surface area contributed by atoms with Crippen molar-refractivity contribution in [2.24, 2.45) is 0 Å². The highest BCUT2D eigenvalue weighted by Gasteiger charge is 2.45. The zero-order valence-electron chi connectivity index (χ0n) is 21.3. The number of hydrogen-bond donors (Lipinski definition) is 3. The molecule has 3 N–H and O–H groups in total. The Morgan fingerprint density at radius 1 is 1.13 bits per heavy atom. The molecule has 38 heavy (non-hydrogen) atoms. The van der Waals surface area contributed by atoms with Crippen LogP contribution >= 0.6 is 0 Å². The van der Waals surface area contributed by atoms with Gasteiger partial charge in [-0.05, 0) is 45.2 Å². The first kappa shape index (κ1) is 25.6. The number of benzene rings is 1. The third-order valence-electron chi connectivity index (χ3n) is 7.26. The highest BCUT2D eigenvalue weighted by atomic mass is 16.3. The van der Waals surface area contributed by atoms with Crippen LogP contribution in [-0.4, -0.2) is 79.0 Å². The summed E-state index contributed by atoms with van der Waals surface area (Å²) in [5, 5.41) is 19.9. The van der Waals surface area contributed by atoms with E-state index in [-0.39, 0.29) is 35.9 Å². The van der Waals surface area contributed by atoms with Gasteiger partial charge in [0, 0.05) is 43.5 Å². The lowest BCUT2D eigenvalue weighted by Crippen LogP contribution is -2.54. The predicted octanol–water partition coefficient (Wildman–Crippen LogP) is 0.831. The average molecular weight is 523 g/mol. The van der Waals surface area contributed by atoms with Gasteiger partial charge in [-0.1, -0.05) is 6.07 Å². The standard InChI is InChI=1S/C26H30N6O6/c1-26(2,38)25(37)30-10-8-16(9-11-30)31-14-15(13-28-31)12-27-18-5-3-4-17-21(18)24(36)32(23(17)35)19-6-7-20(33)29-22(19)34/h3-5,13-14,16,19,27,38H,6-12H2,1-2H3,(H,29,33,34). The molecular formula is C26H30N6O6. The molecule has 2 fully saturated rings. The van der Waals surface area contributed by atoms with E-state index in [2.05, 4.69) is 15.7 Å². The van der Waals surface area contributed by atoms with Crippen LogP contribution in [-0.2, 0) is 20.9 Å². The summed E-state index contributed by atoms with van der Waals surface area (Å²) in [6.07, 6.45) is 5.24. The maximum atomic E-state index is 13.3. The molecule has 1 aromatic carbocycles. The van der Waals surface area contributed by atoms with Crippen LogP contribution in [0, 0.1) is 0 Å². The molecule has 2 aromatic rings. The Morgan fingerprint density at radius 2 is 1.87 bits per heavy atom. The minimum atomic E-state index is -1.39. The number of amides is 5. The monoisotopic (exact) mass is 522 g/mol. The molecule has 0 saturated carbocycles. The van der Waals surface area contributed by atoms with Gasteiger partial charge in [0.05, 0.1) is 23.4 Å². The van der Waals surface area contributed by atoms with Gasteiger partial charge in [0.25, 0.3) is 17.7 Å². The first-order valence-corrected chi connectivity index (χ1v) is 12.7. The maximum Gasteiger partial charge on any atom is 0.264 e. The Kier molecular flexibility index (Phi) is 6.51. The van der Waals surface area contributed by atoms with E-state index >= 15 is 0 Å². The zero-order valence-corrected chi connectivity index (χ0v) is 21.3. The normalized spacial score (nSPS) is 20.6. The fourth-order valence-electron chi connectivity index (χ4n) is 5.25. The topological polar surface area (TPSA) is 154 Å². The number of aliphatic hydroxyl groups is 1. The number of fused-ring (bicyclic) bond motifs is 1. The van der Waals surface area contributed by atoms with Gasteiger partial charge in [0.1, 0.15) is 11.6 Å². The van der Waals surface area contributed by atoms with Crippen molar-refractivity contribution < 1.29 is 29.1 Å². The largest absolute Gasteiger partial charge is 0.381 e. The van der Waals surface area contributed by atoms with Crippen molar-refractivity contribution in [3.05, 3.63) is 47.3 Å². The molecule has 2 saturated heterocycles. The van der Waals surface area contributed by atoms with E-state index in [1.54, 1.807) is 29.3 Å². The van der Waals surface area contributed by atoms with Gasteiger partial charge < -0.3 is 15.3 Å². The number of anilines is 1. The SMILES string of the molecule is CC(C)(O)C(=O)N1CCC(n2cc(CNc3cccc4c3C(=O)N(C3CCC(=O)NC3=O)C4=O)cn2)CC1. The van der Waals surface area contributed by atoms with Crippen LogP contribution in [0.4, 0.5) is 5.69 Å². The summed E-state index contributed by atoms with van der Waals surface area (Å²) in [6.45, 7) is 4.42. The highest BCUT2D eigenvalue weighted by Crippen LogP contribution is 2.32. The van der Waals surface area contributed by atoms with Gasteiger partial charge in [-0.15, -0.1) is 0 Å². The molecule has 1 unspecified atom stereocenters. The molecule has 1 aromatic heterocycles. The number of nitrogens with zero attached hydrogens (tertiary/aromatic N) is 4. The summed E-state index contributed by atoms with van der Waals surface area (Å²) in [4.78, 5) is 65.0. The molecule has 1 atom stereocenters. The number of likely N-dealkylation sites (tertiary alicyclic amines) is 1. The molecule has 0 radical (unpaired) electrons. The highest BCUT2D eigenvalue weighted by molar-refractivity contribution is 6.25. The summed E-state index contributed by atoms with van der Waals surface area (Å²) in [6, 6.07) is 4.04. The number of hydrogen-bond acceptors (Lipinski definition) is 8. The van der Waals surface area contributed by atoms with Crippen LogP contribution in [0.5, 0.6) is 0 Å². The molecule has 0 aliphatic carbocycles. The van der Waals surface area contributed by atoms with Crippen molar-refractivity contribution in [1.29, 1.82) is 0 Å². The maximum absolute atomic E-state index is 13.3. The molecule has 3 aliphatic rings. The molecule has 3 aliphatic heterocycles. The van der Waals surface area contributed by atoms with E-state index in [1.807, 2.05) is 10.9 Å². The molecule has 5 rings (SSSR count). The summed E-state index contributed by atoms with van der Waals surface area (Å²) in [5.41, 5.74) is 0.379. The third kappa shape index (κ3) is 4.67. The molecule has 0 spiro atoms. The van der Waals surface area contributed by atoms with Crippen LogP contribution in [0.1, 0.15) is 71.9 Å². The lowest BCUT2D eigenvalue weighted by atomic mass is 10.0. The first-order valence-electron chi connectivity index (χ1n) is 12.7. The van der Waals surface area contributed by atoms with E-state index in [4.69, 9.17) is 0 Å². The van der Waals surface area contributed by atoms with E-state index in [0.717, 1.165) is 23.3 Å². The number of carbonyl (C=O) groups is 5. The van der Waals surface area contributed by atoms with E-state index < -0.39 is 35.3 Å². The van der Waals surface area contributed by atoms with Gasteiger partial charge in [0.15, 0.2) is 0 Å². The third-order valence-corrected chi connectivity index (χ3v) is 7.26. The van der Waals surface area contributed by atoms with Gasteiger partial charge in [-0.25, -0.2) is 0 Å². The van der Waals surface area contributed by atoms with Crippen molar-refractivity contribution in [2.75, 3.05) is 18.4 Å². The van der Waals surface area contributed by atoms with Gasteiger partial charge in [-0.3, -0.25) is 38.9 Å². The Morgan fingerprint density at radius 3 is 2.55 bits per heavy atom. The van der Waals surface area contributed by atoms with Crippen LogP contribution in [0.3, 0.4) is 0 Å². The molecule has 0 bridgehead atoms. The molecule has 5 amide bonds. The molecular weight excluding hydrogens is 492 g/mol. The van der Waals surface area contributed by atoms with Crippen LogP contribution in [0.25, 0.3) is 0 Å². The Bertz CT molecular complexity index is 1320. The van der Waals surface area contributed by atoms with Crippen molar-refractivity contribution in [3.8, 4) is 0 Å². The number of rotatable bonds is 6. The lowest BCUT2D eigenvalue weighted by Gasteiger charge is -2.35. The molecule has 12 nitrogen and oxygen atoms in total. The second-order valence-corrected chi connectivity index (χ2v) is 10.4. The Balaban J connectivity index is 1.24. The summed E-state index contributed by atoms with van der Waals surface area (Å²) in [7, 11) is 0. The quantitative estimate of drug-likeness (QED) is 0.472. The van der Waals surface area contributed by atoms with E-state index in [1.165, 1.54) is 13.8 Å². The van der Waals surface area contributed by atoms with Crippen LogP contribution < -0.4 is 10.6 Å². The summed E-state index contributed by atoms with van der Waals surface area (Å²) in [5.74, 6) is -2.45. The zero-order chi connectivity index (χ0) is 27.2. The van der Waals surface area contributed by atoms with Gasteiger partial charge in [-0.2, -0.15) is 5.10 Å². The smallest absolute Gasteiger partial charge is 0.264 e. The number of nitrogens with one attached hydrogen (secondary N) is 2. The average Bonchev–Trinajstić information content (AvgIpc) is 3.45. The van der Waals surface area contributed by atoms with Crippen molar-refractivity contribution in [2.45, 2.75) is 63.8 Å². The predicted molar refractivity (Wildman–Crippen MR) is 134 cm³/mol. The Hall–Kier alpha value is -4.06. The van der Waals surface area contributed by atoms with Crippen molar-refractivity contribution >= 4 is 35.2 Å². The minimum absolute atomic E-state index is 0.0632. The molecule has 200 valence electrons. The molecule has 4 heterocycles. The van der Waals surface area contributed by atoms with Crippen LogP contribution in [0.15, 0.2) is 30.6 Å². The Labute approximate surface area is 219 Å². The second-order valence-electron chi connectivity index (χ2n) is 10.4. The van der Waals surface area contributed by atoms with Crippen LogP contribution in [0.2, 0.25) is 0 Å². The second kappa shape index (κ2) is 9.67. The summed E-state index contributed by atoms with van der Waals surface area (Å²) >= 11 is 0. The first-order chi connectivity index (χ1) is 18.0. The fraction of sp³-hybridized carbons (Fsp3) is 0.462. The molecule has 12 heteroatoms. The van der Waals surface area contributed by atoms with Gasteiger partial charge >= 0.3 is 0 Å². The van der Waals surface area contributed by atoms with E-state index in [0.29, 0.717) is 25.3 Å². The van der Waals surface area contributed by atoms with Crippen molar-refractivity contribution in [1.82, 2.24) is 24.9 Å². The number of imide groups is 2. The summed E-state index contributed by atoms with van der Waals surface area (Å²) < 4.78 is 1.87. The minimum Gasteiger partial charge on any atom is -0.381 e. The number of aromatic nitrogens is 2. The van der Waals surface area contributed by atoms with Crippen molar-refractivity contribution in [3.63, 3.8) is 0 Å². The number of carbonyl (C=O) groups excluding carboxylic acids is 5.